The quantitative estimate of drug-likeness (QED) is 0.0321. The maximum atomic E-state index is 12.5. The Morgan fingerprint density at radius 3 is 1.03 bits per heavy atom. The van der Waals surface area contributed by atoms with Gasteiger partial charge in [0.15, 0.2) is 0 Å². The first kappa shape index (κ1) is 69.1. The Kier molecular flexibility index (Phi) is 59.0. The number of esters is 1. The summed E-state index contributed by atoms with van der Waals surface area (Å²) in [6.07, 6.45) is 76.2. The van der Waals surface area contributed by atoms with Gasteiger partial charge in [-0.2, -0.15) is 0 Å². The number of carbonyl (C=O) groups excluding carboxylic acids is 2. The molecule has 0 aromatic rings. The Bertz CT molecular complexity index is 1150. The van der Waals surface area contributed by atoms with Crippen molar-refractivity contribution < 1.29 is 24.5 Å². The Balaban J connectivity index is 3.49. The predicted octanol–water partition coefficient (Wildman–Crippen LogP) is 20.0. The number of aliphatic hydroxyl groups excluding tert-OH is 2. The van der Waals surface area contributed by atoms with Crippen LogP contribution in [0.5, 0.6) is 0 Å². The number of hydrogen-bond acceptors (Lipinski definition) is 5. The van der Waals surface area contributed by atoms with E-state index >= 15 is 0 Å². The Labute approximate surface area is 443 Å². The first-order valence-corrected chi connectivity index (χ1v) is 31.8. The zero-order chi connectivity index (χ0) is 51.4. The molecule has 0 aliphatic heterocycles. The van der Waals surface area contributed by atoms with Gasteiger partial charge in [0.25, 0.3) is 0 Å². The minimum Gasteiger partial charge on any atom is -0.466 e. The molecule has 3 N–H and O–H groups in total. The molecule has 0 aliphatic carbocycles. The van der Waals surface area contributed by atoms with Gasteiger partial charge in [0.05, 0.1) is 25.4 Å². The summed E-state index contributed by atoms with van der Waals surface area (Å²) in [6.45, 7) is 4.88. The maximum Gasteiger partial charge on any atom is 0.305 e. The molecule has 0 bridgehead atoms. The largest absolute Gasteiger partial charge is 0.466 e. The van der Waals surface area contributed by atoms with Crippen LogP contribution in [0.3, 0.4) is 0 Å². The van der Waals surface area contributed by atoms with Crippen LogP contribution in [0.1, 0.15) is 341 Å². The fourth-order valence-electron chi connectivity index (χ4n) is 9.74. The van der Waals surface area contributed by atoms with E-state index in [1.165, 1.54) is 257 Å². The fraction of sp³-hybridized carbons (Fsp3) is 0.877. The molecule has 0 fully saturated rings. The van der Waals surface area contributed by atoms with Crippen LogP contribution in [0.25, 0.3) is 0 Å². The number of carbonyl (C=O) groups is 2. The fourth-order valence-corrected chi connectivity index (χ4v) is 9.74. The molecule has 0 radical (unpaired) electrons. The number of unbranched alkanes of at least 4 members (excludes halogenated alkanes) is 44. The van der Waals surface area contributed by atoms with Gasteiger partial charge in [0.2, 0.25) is 5.91 Å². The van der Waals surface area contributed by atoms with Gasteiger partial charge < -0.3 is 20.3 Å². The molecule has 0 saturated carbocycles. The summed E-state index contributed by atoms with van der Waals surface area (Å²) in [6, 6.07) is -0.639. The highest BCUT2D eigenvalue weighted by Crippen LogP contribution is 2.17. The number of amides is 1. The summed E-state index contributed by atoms with van der Waals surface area (Å²) in [4.78, 5) is 24.5. The van der Waals surface area contributed by atoms with Gasteiger partial charge in [-0.25, -0.2) is 0 Å². The van der Waals surface area contributed by atoms with Gasteiger partial charge >= 0.3 is 5.97 Å². The van der Waals surface area contributed by atoms with E-state index < -0.39 is 12.1 Å². The summed E-state index contributed by atoms with van der Waals surface area (Å²) < 4.78 is 5.45. The minimum absolute atomic E-state index is 0.0125. The lowest BCUT2D eigenvalue weighted by molar-refractivity contribution is -0.143. The zero-order valence-electron chi connectivity index (χ0n) is 47.7. The van der Waals surface area contributed by atoms with E-state index in [2.05, 4.69) is 43.5 Å². The normalized spacial score (nSPS) is 12.8. The smallest absolute Gasteiger partial charge is 0.305 e. The van der Waals surface area contributed by atoms with Crippen molar-refractivity contribution in [2.24, 2.45) is 0 Å². The van der Waals surface area contributed by atoms with Gasteiger partial charge in [-0.3, -0.25) is 9.59 Å². The first-order chi connectivity index (χ1) is 35.0. The molecule has 71 heavy (non-hydrogen) atoms. The van der Waals surface area contributed by atoms with Crippen LogP contribution >= 0.6 is 0 Å². The van der Waals surface area contributed by atoms with E-state index in [0.717, 1.165) is 57.8 Å². The van der Waals surface area contributed by atoms with Gasteiger partial charge in [-0.15, -0.1) is 0 Å². The molecule has 418 valence electrons. The SMILES string of the molecule is CCCCC/C=C\CCCCCCCC(=O)OCCCCCCCC/C=C\CCCCCCCCCC(=O)NC(CO)C(O)/C=C/CCCCCCCCCCCCCCCCCCCCCCCCC. The molecule has 0 aromatic heterocycles. The van der Waals surface area contributed by atoms with Gasteiger partial charge in [0.1, 0.15) is 0 Å². The summed E-state index contributed by atoms with van der Waals surface area (Å²) in [7, 11) is 0. The van der Waals surface area contributed by atoms with Crippen molar-refractivity contribution in [1.82, 2.24) is 5.32 Å². The van der Waals surface area contributed by atoms with Crippen LogP contribution in [0.2, 0.25) is 0 Å². The first-order valence-electron chi connectivity index (χ1n) is 31.8. The molecule has 6 heteroatoms. The van der Waals surface area contributed by atoms with Crippen LogP contribution in [0.15, 0.2) is 36.5 Å². The second-order valence-electron chi connectivity index (χ2n) is 21.7. The van der Waals surface area contributed by atoms with Crippen LogP contribution < -0.4 is 5.32 Å². The third kappa shape index (κ3) is 57.2. The number of aliphatic hydroxyl groups is 2. The second kappa shape index (κ2) is 60.6. The van der Waals surface area contributed by atoms with Gasteiger partial charge in [-0.1, -0.05) is 281 Å². The van der Waals surface area contributed by atoms with Crippen molar-refractivity contribution in [3.8, 4) is 0 Å². The molecular weight excluding hydrogens is 875 g/mol. The number of nitrogens with one attached hydrogen (secondary N) is 1. The Morgan fingerprint density at radius 2 is 0.662 bits per heavy atom. The van der Waals surface area contributed by atoms with Crippen LogP contribution in [0.4, 0.5) is 0 Å². The lowest BCUT2D eigenvalue weighted by Gasteiger charge is -2.20. The number of ether oxygens (including phenoxy) is 1. The Morgan fingerprint density at radius 1 is 0.380 bits per heavy atom. The van der Waals surface area contributed by atoms with E-state index in [1.807, 2.05) is 6.08 Å². The van der Waals surface area contributed by atoms with Gasteiger partial charge in [-0.05, 0) is 83.5 Å². The monoisotopic (exact) mass is 998 g/mol. The van der Waals surface area contributed by atoms with Crippen molar-refractivity contribution in [2.75, 3.05) is 13.2 Å². The molecule has 0 aliphatic rings. The molecule has 2 unspecified atom stereocenters. The van der Waals surface area contributed by atoms with E-state index in [9.17, 15) is 19.8 Å². The van der Waals surface area contributed by atoms with E-state index in [1.54, 1.807) is 6.08 Å². The summed E-state index contributed by atoms with van der Waals surface area (Å²) in [5.74, 6) is -0.0898. The molecule has 0 heterocycles. The third-order valence-electron chi connectivity index (χ3n) is 14.6. The number of rotatable bonds is 59. The van der Waals surface area contributed by atoms with E-state index in [4.69, 9.17) is 4.74 Å². The summed E-state index contributed by atoms with van der Waals surface area (Å²) >= 11 is 0. The van der Waals surface area contributed by atoms with Crippen molar-refractivity contribution in [1.29, 1.82) is 0 Å². The molecule has 0 spiro atoms. The van der Waals surface area contributed by atoms with Crippen LogP contribution in [-0.4, -0.2) is 47.4 Å². The lowest BCUT2D eigenvalue weighted by atomic mass is 10.0. The average Bonchev–Trinajstić information content (AvgIpc) is 3.37. The second-order valence-corrected chi connectivity index (χ2v) is 21.7. The van der Waals surface area contributed by atoms with Crippen LogP contribution in [0, 0.1) is 0 Å². The highest BCUT2D eigenvalue weighted by Gasteiger charge is 2.18. The maximum absolute atomic E-state index is 12.5. The standard InChI is InChI=1S/C65H123NO5/c1-3-5-7-9-11-13-15-17-18-19-20-21-22-23-24-25-26-28-31-34-37-41-45-49-53-57-63(68)62(61-67)66-64(69)58-54-50-46-42-38-35-32-29-27-30-33-36-40-44-48-52-56-60-71-65(70)59-55-51-47-43-39-16-14-12-10-8-6-4-2/h12,14,27,30,53,57,62-63,67-68H,3-11,13,15-26,28-29,31-52,54-56,58-61H2,1-2H3,(H,66,69)/b14-12-,30-27-,57-53+. The molecule has 6 nitrogen and oxygen atoms in total. The lowest BCUT2D eigenvalue weighted by Crippen LogP contribution is -2.45. The number of hydrogen-bond donors (Lipinski definition) is 3. The van der Waals surface area contributed by atoms with Crippen molar-refractivity contribution in [3.63, 3.8) is 0 Å². The van der Waals surface area contributed by atoms with E-state index in [0.29, 0.717) is 19.4 Å². The van der Waals surface area contributed by atoms with E-state index in [-0.39, 0.29) is 18.5 Å². The third-order valence-corrected chi connectivity index (χ3v) is 14.6. The summed E-state index contributed by atoms with van der Waals surface area (Å²) in [5, 5.41) is 23.2. The number of allylic oxidation sites excluding steroid dienone is 5. The molecule has 1 amide bonds. The van der Waals surface area contributed by atoms with Gasteiger partial charge in [0, 0.05) is 12.8 Å². The van der Waals surface area contributed by atoms with Crippen LogP contribution in [-0.2, 0) is 14.3 Å². The topological polar surface area (TPSA) is 95.9 Å². The average molecular weight is 999 g/mol. The highest BCUT2D eigenvalue weighted by atomic mass is 16.5. The summed E-state index contributed by atoms with van der Waals surface area (Å²) in [5.41, 5.74) is 0. The predicted molar refractivity (Wildman–Crippen MR) is 310 cm³/mol. The molecule has 0 aromatic carbocycles. The van der Waals surface area contributed by atoms with Crippen molar-refractivity contribution in [2.45, 2.75) is 353 Å². The molecular formula is C65H123NO5. The zero-order valence-corrected chi connectivity index (χ0v) is 47.7. The van der Waals surface area contributed by atoms with Crippen molar-refractivity contribution in [3.05, 3.63) is 36.5 Å². The molecule has 2 atom stereocenters. The minimum atomic E-state index is -0.854. The highest BCUT2D eigenvalue weighted by molar-refractivity contribution is 5.76. The molecule has 0 rings (SSSR count). The van der Waals surface area contributed by atoms with Crippen molar-refractivity contribution >= 4 is 11.9 Å². The Hall–Kier alpha value is -1.92. The molecule has 0 saturated heterocycles.